The molecule has 3 rings (SSSR count). The van der Waals surface area contributed by atoms with Gasteiger partial charge in [0.1, 0.15) is 0 Å². The standard InChI is InChI=1S/C17H18N3O.ClHO4/c1-11-9-12(2)19(13(3)10-11)20-14(4)18-16-8-6-5-7-15(16)17(20)21;2-1(3,4)5/h5-10H,1-4H3;(H,2,3,4,5)/q+1;/p-1. The fourth-order valence-electron chi connectivity index (χ4n) is 2.89. The van der Waals surface area contributed by atoms with Gasteiger partial charge in [-0.1, -0.05) is 21.5 Å². The number of aryl methyl sites for hydroxylation is 4. The van der Waals surface area contributed by atoms with Crippen molar-refractivity contribution in [3.63, 3.8) is 0 Å². The number of hydrogen-bond donors (Lipinski definition) is 0. The van der Waals surface area contributed by atoms with E-state index < -0.39 is 10.2 Å². The molecule has 2 aromatic heterocycles. The van der Waals surface area contributed by atoms with Gasteiger partial charge in [0.25, 0.3) is 0 Å². The third-order valence-electron chi connectivity index (χ3n) is 3.66. The maximum absolute atomic E-state index is 12.8. The molecule has 0 unspecified atom stereocenters. The van der Waals surface area contributed by atoms with Gasteiger partial charge in [-0.05, 0) is 31.5 Å². The van der Waals surface area contributed by atoms with Crippen LogP contribution in [0.15, 0.2) is 41.2 Å². The third-order valence-corrected chi connectivity index (χ3v) is 3.66. The van der Waals surface area contributed by atoms with Crippen LogP contribution < -0.4 is 28.9 Å². The lowest BCUT2D eigenvalue weighted by molar-refractivity contribution is -2.00. The van der Waals surface area contributed by atoms with Crippen LogP contribution in [0.2, 0.25) is 0 Å². The molecule has 8 nitrogen and oxygen atoms in total. The highest BCUT2D eigenvalue weighted by molar-refractivity contribution is 5.77. The van der Waals surface area contributed by atoms with Crippen LogP contribution in [-0.4, -0.2) is 9.66 Å². The molecule has 0 amide bonds. The van der Waals surface area contributed by atoms with E-state index in [2.05, 4.69) is 24.0 Å². The molecule has 0 spiro atoms. The Bertz CT molecular complexity index is 982. The predicted octanol–water partition coefficient (Wildman–Crippen LogP) is -2.53. The molecule has 1 aromatic carbocycles. The minimum atomic E-state index is -4.94. The molecule has 9 heteroatoms. The van der Waals surface area contributed by atoms with Crippen molar-refractivity contribution in [1.29, 1.82) is 0 Å². The van der Waals surface area contributed by atoms with Gasteiger partial charge in [-0.3, -0.25) is 4.79 Å². The highest BCUT2D eigenvalue weighted by Gasteiger charge is 2.20. The average Bonchev–Trinajstić information content (AvgIpc) is 2.48. The second-order valence-electron chi connectivity index (χ2n) is 5.80. The highest BCUT2D eigenvalue weighted by atomic mass is 35.7. The van der Waals surface area contributed by atoms with Gasteiger partial charge in [-0.15, -0.1) is 10.2 Å². The lowest BCUT2D eigenvalue weighted by Crippen LogP contribution is -2.68. The zero-order chi connectivity index (χ0) is 19.6. The van der Waals surface area contributed by atoms with Gasteiger partial charge < -0.3 is 0 Å². The molecule has 0 N–H and O–H groups in total. The van der Waals surface area contributed by atoms with Crippen LogP contribution in [0, 0.1) is 37.9 Å². The molecular weight excluding hydrogens is 362 g/mol. The fraction of sp³-hybridized carbons (Fsp3) is 0.235. The average molecular weight is 380 g/mol. The van der Waals surface area contributed by atoms with Crippen molar-refractivity contribution in [2.24, 2.45) is 0 Å². The monoisotopic (exact) mass is 379 g/mol. The second-order valence-corrected chi connectivity index (χ2v) is 6.55. The van der Waals surface area contributed by atoms with Gasteiger partial charge >= 0.3 is 5.56 Å². The first-order valence-corrected chi connectivity index (χ1v) is 8.83. The number of nitrogens with zero attached hydrogens (tertiary/aromatic N) is 3. The van der Waals surface area contributed by atoms with Crippen LogP contribution in [0.5, 0.6) is 0 Å². The van der Waals surface area contributed by atoms with E-state index in [0.717, 1.165) is 16.9 Å². The van der Waals surface area contributed by atoms with Gasteiger partial charge in [0.05, 0.1) is 10.9 Å². The van der Waals surface area contributed by atoms with Gasteiger partial charge in [0.2, 0.25) is 11.4 Å². The molecule has 0 aliphatic heterocycles. The van der Waals surface area contributed by atoms with E-state index in [0.29, 0.717) is 11.2 Å². The van der Waals surface area contributed by atoms with E-state index in [1.54, 1.807) is 4.68 Å². The molecule has 0 aliphatic carbocycles. The molecule has 26 heavy (non-hydrogen) atoms. The Morgan fingerprint density at radius 1 is 0.962 bits per heavy atom. The Morgan fingerprint density at radius 2 is 1.46 bits per heavy atom. The van der Waals surface area contributed by atoms with Gasteiger partial charge in [-0.25, -0.2) is 23.6 Å². The smallest absolute Gasteiger partial charge is 0.263 e. The van der Waals surface area contributed by atoms with E-state index in [-0.39, 0.29) is 5.56 Å². The van der Waals surface area contributed by atoms with Gasteiger partial charge in [0.15, 0.2) is 5.82 Å². The zero-order valence-electron chi connectivity index (χ0n) is 14.7. The summed E-state index contributed by atoms with van der Waals surface area (Å²) in [5.41, 5.74) is 3.89. The predicted molar refractivity (Wildman–Crippen MR) is 82.4 cm³/mol. The Labute approximate surface area is 151 Å². The van der Waals surface area contributed by atoms with Gasteiger partial charge in [0, 0.05) is 26.0 Å². The first-order chi connectivity index (χ1) is 12.0. The number of rotatable bonds is 1. The molecule has 0 atom stereocenters. The SMILES string of the molecule is Cc1cc(C)[n+](-n2c(C)nc3ccccc3c2=O)c(C)c1.[O-][Cl+3]([O-])([O-])[O-]. The molecule has 3 aromatic rings. The quantitative estimate of drug-likeness (QED) is 0.428. The molecule has 2 heterocycles. The summed E-state index contributed by atoms with van der Waals surface area (Å²) in [5, 5.41) is 0.634. The lowest BCUT2D eigenvalue weighted by Gasteiger charge is -2.17. The summed E-state index contributed by atoms with van der Waals surface area (Å²) in [7, 11) is -4.94. The molecule has 0 radical (unpaired) electrons. The maximum atomic E-state index is 12.8. The van der Waals surface area contributed by atoms with Crippen molar-refractivity contribution in [2.45, 2.75) is 27.7 Å². The summed E-state index contributed by atoms with van der Waals surface area (Å²) >= 11 is 0. The first kappa shape index (κ1) is 20.0. The molecule has 0 bridgehead atoms. The topological polar surface area (TPSA) is 131 Å². The normalized spacial score (nSPS) is 11.2. The molecule has 0 saturated carbocycles. The summed E-state index contributed by atoms with van der Waals surface area (Å²) in [5.74, 6) is 0.679. The number of hydrogen-bond acceptors (Lipinski definition) is 6. The van der Waals surface area contributed by atoms with Crippen LogP contribution in [0.25, 0.3) is 10.9 Å². The molecule has 0 saturated heterocycles. The van der Waals surface area contributed by atoms with Crippen molar-refractivity contribution in [1.82, 2.24) is 9.66 Å². The number of fused-ring (bicyclic) bond motifs is 1. The minimum absolute atomic E-state index is 0.0434. The maximum Gasteiger partial charge on any atom is 0.318 e. The van der Waals surface area contributed by atoms with Crippen LogP contribution in [0.1, 0.15) is 22.8 Å². The molecule has 0 fully saturated rings. The van der Waals surface area contributed by atoms with Crippen LogP contribution in [0.3, 0.4) is 0 Å². The summed E-state index contributed by atoms with van der Waals surface area (Å²) in [6, 6.07) is 11.6. The Kier molecular flexibility index (Phi) is 5.74. The summed E-state index contributed by atoms with van der Waals surface area (Å²) in [6.07, 6.45) is 0. The van der Waals surface area contributed by atoms with Crippen molar-refractivity contribution < 1.29 is 33.6 Å². The van der Waals surface area contributed by atoms with E-state index in [9.17, 15) is 4.79 Å². The molecule has 138 valence electrons. The number of benzene rings is 1. The van der Waals surface area contributed by atoms with Crippen molar-refractivity contribution in [3.8, 4) is 0 Å². The number of pyridine rings is 1. The van der Waals surface area contributed by atoms with Crippen LogP contribution in [0.4, 0.5) is 0 Å². The van der Waals surface area contributed by atoms with Crippen molar-refractivity contribution in [3.05, 3.63) is 69.5 Å². The largest absolute Gasteiger partial charge is 0.318 e. The fourth-order valence-corrected chi connectivity index (χ4v) is 2.89. The second kappa shape index (κ2) is 7.48. The van der Waals surface area contributed by atoms with Crippen LogP contribution >= 0.6 is 0 Å². The highest BCUT2D eigenvalue weighted by Crippen LogP contribution is 2.08. The Balaban J connectivity index is 0.000000431. The molecule has 0 aliphatic rings. The van der Waals surface area contributed by atoms with Crippen LogP contribution in [-0.2, 0) is 0 Å². The zero-order valence-corrected chi connectivity index (χ0v) is 15.5. The van der Waals surface area contributed by atoms with Gasteiger partial charge in [-0.2, -0.15) is 0 Å². The van der Waals surface area contributed by atoms with E-state index in [1.807, 2.05) is 49.7 Å². The van der Waals surface area contributed by atoms with E-state index >= 15 is 0 Å². The summed E-state index contributed by atoms with van der Waals surface area (Å²) in [4.78, 5) is 17.4. The first-order valence-electron chi connectivity index (χ1n) is 7.60. The lowest BCUT2D eigenvalue weighted by atomic mass is 10.2. The summed E-state index contributed by atoms with van der Waals surface area (Å²) in [6.45, 7) is 7.92. The van der Waals surface area contributed by atoms with Crippen molar-refractivity contribution >= 4 is 10.9 Å². The number of halogens is 1. The number of para-hydroxylation sites is 1. The van der Waals surface area contributed by atoms with E-state index in [4.69, 9.17) is 18.6 Å². The summed E-state index contributed by atoms with van der Waals surface area (Å²) < 4.78 is 37.5. The molecular formula is C17H18ClN3O5. The minimum Gasteiger partial charge on any atom is -0.263 e. The number of aromatic nitrogens is 3. The van der Waals surface area contributed by atoms with E-state index in [1.165, 1.54) is 5.56 Å². The Morgan fingerprint density at radius 3 is 2.00 bits per heavy atom. The van der Waals surface area contributed by atoms with Crippen molar-refractivity contribution in [2.75, 3.05) is 0 Å². The Hall–Kier alpha value is -2.36. The third kappa shape index (κ3) is 4.63.